The molecule has 0 aliphatic heterocycles. The van der Waals surface area contributed by atoms with Crippen LogP contribution in [0.5, 0.6) is 0 Å². The van der Waals surface area contributed by atoms with Gasteiger partial charge in [0.15, 0.2) is 0 Å². The third-order valence-corrected chi connectivity index (χ3v) is 2.66. The summed E-state index contributed by atoms with van der Waals surface area (Å²) in [5.41, 5.74) is 6.49. The second-order valence-corrected chi connectivity index (χ2v) is 4.12. The predicted octanol–water partition coefficient (Wildman–Crippen LogP) is 1.33. The first-order valence-electron chi connectivity index (χ1n) is 6.00. The van der Waals surface area contributed by atoms with E-state index < -0.39 is 4.92 Å². The fraction of sp³-hybridized carbons (Fsp3) is 0.250. The SMILES string of the molecule is Cc1nc(N)nc(NCCc2ccccn2)c1[N+](=O)[O-]. The molecule has 104 valence electrons. The number of aryl methyl sites for hydroxylation is 1. The maximum Gasteiger partial charge on any atom is 0.332 e. The maximum absolute atomic E-state index is 11.0. The molecule has 0 aliphatic carbocycles. The number of hydrogen-bond donors (Lipinski definition) is 2. The maximum atomic E-state index is 11.0. The van der Waals surface area contributed by atoms with Gasteiger partial charge in [0.05, 0.1) is 4.92 Å². The average Bonchev–Trinajstić information content (AvgIpc) is 2.38. The van der Waals surface area contributed by atoms with E-state index in [9.17, 15) is 10.1 Å². The van der Waals surface area contributed by atoms with E-state index in [1.165, 1.54) is 6.92 Å². The van der Waals surface area contributed by atoms with Gasteiger partial charge in [-0.25, -0.2) is 4.98 Å². The Balaban J connectivity index is 2.11. The largest absolute Gasteiger partial charge is 0.368 e. The van der Waals surface area contributed by atoms with Crippen LogP contribution in [0.25, 0.3) is 0 Å². The summed E-state index contributed by atoms with van der Waals surface area (Å²) in [6.07, 6.45) is 2.32. The topological polar surface area (TPSA) is 120 Å². The van der Waals surface area contributed by atoms with Gasteiger partial charge in [0, 0.05) is 24.9 Å². The van der Waals surface area contributed by atoms with Crippen LogP contribution >= 0.6 is 0 Å². The van der Waals surface area contributed by atoms with Crippen molar-refractivity contribution >= 4 is 17.5 Å². The van der Waals surface area contributed by atoms with Crippen molar-refractivity contribution in [3.05, 3.63) is 45.9 Å². The molecule has 8 heteroatoms. The monoisotopic (exact) mass is 274 g/mol. The molecular formula is C12H14N6O2. The zero-order valence-corrected chi connectivity index (χ0v) is 10.9. The molecule has 0 aliphatic rings. The van der Waals surface area contributed by atoms with E-state index >= 15 is 0 Å². The molecule has 20 heavy (non-hydrogen) atoms. The van der Waals surface area contributed by atoms with Crippen molar-refractivity contribution in [2.75, 3.05) is 17.6 Å². The van der Waals surface area contributed by atoms with Crippen LogP contribution in [0.1, 0.15) is 11.4 Å². The van der Waals surface area contributed by atoms with E-state index in [0.717, 1.165) is 5.69 Å². The predicted molar refractivity (Wildman–Crippen MR) is 74.3 cm³/mol. The van der Waals surface area contributed by atoms with Gasteiger partial charge >= 0.3 is 5.69 Å². The lowest BCUT2D eigenvalue weighted by Crippen LogP contribution is -2.12. The van der Waals surface area contributed by atoms with Crippen molar-refractivity contribution in [2.45, 2.75) is 13.3 Å². The Bertz CT molecular complexity index is 617. The minimum Gasteiger partial charge on any atom is -0.368 e. The first kappa shape index (κ1) is 13.7. The molecule has 0 amide bonds. The number of nitro groups is 1. The van der Waals surface area contributed by atoms with E-state index in [2.05, 4.69) is 20.3 Å². The highest BCUT2D eigenvalue weighted by Crippen LogP contribution is 2.25. The number of hydrogen-bond acceptors (Lipinski definition) is 7. The molecular weight excluding hydrogens is 260 g/mol. The average molecular weight is 274 g/mol. The van der Waals surface area contributed by atoms with Crippen molar-refractivity contribution in [3.63, 3.8) is 0 Å². The van der Waals surface area contributed by atoms with E-state index in [-0.39, 0.29) is 23.1 Å². The fourth-order valence-electron chi connectivity index (χ4n) is 1.79. The van der Waals surface area contributed by atoms with Crippen molar-refractivity contribution in [3.8, 4) is 0 Å². The summed E-state index contributed by atoms with van der Waals surface area (Å²) in [6.45, 7) is 1.99. The standard InChI is InChI=1S/C12H14N6O2/c1-8-10(18(19)20)11(17-12(13)16-8)15-7-5-9-4-2-3-6-14-9/h2-4,6H,5,7H2,1H3,(H3,13,15,16,17). The Morgan fingerprint density at radius 1 is 1.40 bits per heavy atom. The summed E-state index contributed by atoms with van der Waals surface area (Å²) < 4.78 is 0. The molecule has 0 atom stereocenters. The number of nitrogens with two attached hydrogens (primary N) is 1. The molecule has 2 rings (SSSR count). The number of rotatable bonds is 5. The number of nitrogen functional groups attached to an aromatic ring is 1. The number of pyridine rings is 1. The molecule has 0 radical (unpaired) electrons. The first-order chi connectivity index (χ1) is 9.58. The first-order valence-corrected chi connectivity index (χ1v) is 6.00. The molecule has 0 bridgehead atoms. The minimum atomic E-state index is -0.516. The normalized spacial score (nSPS) is 10.2. The highest BCUT2D eigenvalue weighted by atomic mass is 16.6. The summed E-state index contributed by atoms with van der Waals surface area (Å²) in [5, 5.41) is 13.9. The lowest BCUT2D eigenvalue weighted by Gasteiger charge is -2.07. The second kappa shape index (κ2) is 5.91. The van der Waals surface area contributed by atoms with Crippen molar-refractivity contribution < 1.29 is 4.92 Å². The minimum absolute atomic E-state index is 0.00781. The second-order valence-electron chi connectivity index (χ2n) is 4.12. The number of nitrogens with one attached hydrogen (secondary N) is 1. The van der Waals surface area contributed by atoms with Crippen molar-refractivity contribution in [2.24, 2.45) is 0 Å². The molecule has 0 saturated carbocycles. The lowest BCUT2D eigenvalue weighted by atomic mass is 10.2. The van der Waals surface area contributed by atoms with Gasteiger partial charge in [-0.05, 0) is 19.1 Å². The molecule has 2 heterocycles. The van der Waals surface area contributed by atoms with E-state index in [1.807, 2.05) is 18.2 Å². The molecule has 2 aromatic rings. The summed E-state index contributed by atoms with van der Waals surface area (Å²) >= 11 is 0. The molecule has 8 nitrogen and oxygen atoms in total. The number of nitrogens with zero attached hydrogens (tertiary/aromatic N) is 4. The van der Waals surface area contributed by atoms with Gasteiger partial charge in [0.25, 0.3) is 0 Å². The van der Waals surface area contributed by atoms with Gasteiger partial charge in [0.2, 0.25) is 11.8 Å². The summed E-state index contributed by atoms with van der Waals surface area (Å²) in [6, 6.07) is 5.60. The highest BCUT2D eigenvalue weighted by molar-refractivity contribution is 5.60. The fourth-order valence-corrected chi connectivity index (χ4v) is 1.79. The zero-order chi connectivity index (χ0) is 14.5. The van der Waals surface area contributed by atoms with Crippen LogP contribution in [0, 0.1) is 17.0 Å². The third kappa shape index (κ3) is 3.16. The Morgan fingerprint density at radius 2 is 2.20 bits per heavy atom. The summed E-state index contributed by atoms with van der Waals surface area (Å²) in [7, 11) is 0. The quantitative estimate of drug-likeness (QED) is 0.623. The van der Waals surface area contributed by atoms with Crippen LogP contribution in [0.4, 0.5) is 17.5 Å². The van der Waals surface area contributed by atoms with Gasteiger partial charge in [-0.15, -0.1) is 0 Å². The van der Waals surface area contributed by atoms with Gasteiger partial charge < -0.3 is 11.1 Å². The lowest BCUT2D eigenvalue weighted by molar-refractivity contribution is -0.385. The van der Waals surface area contributed by atoms with Crippen LogP contribution in [-0.2, 0) is 6.42 Å². The van der Waals surface area contributed by atoms with Crippen LogP contribution in [0.2, 0.25) is 0 Å². The number of anilines is 2. The molecule has 3 N–H and O–H groups in total. The molecule has 0 saturated heterocycles. The van der Waals surface area contributed by atoms with Gasteiger partial charge in [-0.3, -0.25) is 15.1 Å². The van der Waals surface area contributed by atoms with E-state index in [0.29, 0.717) is 13.0 Å². The van der Waals surface area contributed by atoms with Crippen LogP contribution in [-0.4, -0.2) is 26.4 Å². The van der Waals surface area contributed by atoms with E-state index in [1.54, 1.807) is 6.20 Å². The summed E-state index contributed by atoms with van der Waals surface area (Å²) in [5.74, 6) is 0.143. The van der Waals surface area contributed by atoms with Crippen molar-refractivity contribution in [1.82, 2.24) is 15.0 Å². The van der Waals surface area contributed by atoms with Crippen LogP contribution < -0.4 is 11.1 Å². The van der Waals surface area contributed by atoms with Gasteiger partial charge in [-0.2, -0.15) is 4.98 Å². The number of aromatic nitrogens is 3. The zero-order valence-electron chi connectivity index (χ0n) is 10.9. The van der Waals surface area contributed by atoms with Crippen LogP contribution in [0.3, 0.4) is 0 Å². The highest BCUT2D eigenvalue weighted by Gasteiger charge is 2.20. The Morgan fingerprint density at radius 3 is 2.85 bits per heavy atom. The summed E-state index contributed by atoms with van der Waals surface area (Å²) in [4.78, 5) is 22.3. The van der Waals surface area contributed by atoms with Gasteiger partial charge in [-0.1, -0.05) is 6.07 Å². The Hall–Kier alpha value is -2.77. The van der Waals surface area contributed by atoms with Crippen LogP contribution in [0.15, 0.2) is 24.4 Å². The van der Waals surface area contributed by atoms with Crippen molar-refractivity contribution in [1.29, 1.82) is 0 Å². The Labute approximate surface area is 115 Å². The molecule has 0 fully saturated rings. The van der Waals surface area contributed by atoms with Gasteiger partial charge in [0.1, 0.15) is 5.69 Å². The smallest absolute Gasteiger partial charge is 0.332 e. The Kier molecular flexibility index (Phi) is 4.04. The molecule has 2 aromatic heterocycles. The molecule has 0 aromatic carbocycles. The van der Waals surface area contributed by atoms with E-state index in [4.69, 9.17) is 5.73 Å². The molecule has 0 spiro atoms. The molecule has 0 unspecified atom stereocenters. The third-order valence-electron chi connectivity index (χ3n) is 2.66.